The third-order valence-corrected chi connectivity index (χ3v) is 5.16. The summed E-state index contributed by atoms with van der Waals surface area (Å²) < 4.78 is 5.50. The number of nitrogens with zero attached hydrogens (tertiary/aromatic N) is 3. The fourth-order valence-corrected chi connectivity index (χ4v) is 4.03. The van der Waals surface area contributed by atoms with E-state index in [2.05, 4.69) is 15.5 Å². The Morgan fingerprint density at radius 3 is 2.48 bits per heavy atom. The first-order valence-corrected chi connectivity index (χ1v) is 9.32. The number of hydrogen-bond donors (Lipinski definition) is 1. The Morgan fingerprint density at radius 1 is 1.24 bits per heavy atom. The molecule has 1 saturated carbocycles. The van der Waals surface area contributed by atoms with E-state index < -0.39 is 5.60 Å². The quantitative estimate of drug-likeness (QED) is 0.904. The molecule has 1 unspecified atom stereocenters. The Labute approximate surface area is 150 Å². The number of hydrogen-bond acceptors (Lipinski definition) is 5. The van der Waals surface area contributed by atoms with E-state index in [4.69, 9.17) is 4.74 Å². The Hall–Kier alpha value is -1.85. The van der Waals surface area contributed by atoms with E-state index in [1.807, 2.05) is 44.7 Å². The molecule has 3 rings (SSSR count). The summed E-state index contributed by atoms with van der Waals surface area (Å²) >= 11 is 0. The molecule has 25 heavy (non-hydrogen) atoms. The van der Waals surface area contributed by atoms with Crippen LogP contribution >= 0.6 is 0 Å². The lowest BCUT2D eigenvalue weighted by Crippen LogP contribution is -2.36. The Bertz CT molecular complexity index is 582. The summed E-state index contributed by atoms with van der Waals surface area (Å²) in [6.45, 7) is 10.3. The van der Waals surface area contributed by atoms with Crippen molar-refractivity contribution in [2.24, 2.45) is 17.8 Å². The molecular weight excluding hydrogens is 316 g/mol. The van der Waals surface area contributed by atoms with Gasteiger partial charge in [-0.3, -0.25) is 0 Å². The van der Waals surface area contributed by atoms with E-state index in [-0.39, 0.29) is 6.09 Å². The van der Waals surface area contributed by atoms with Crippen LogP contribution in [0.25, 0.3) is 0 Å². The van der Waals surface area contributed by atoms with Crippen molar-refractivity contribution in [2.75, 3.05) is 25.0 Å². The van der Waals surface area contributed by atoms with Crippen molar-refractivity contribution in [1.29, 1.82) is 0 Å². The summed E-state index contributed by atoms with van der Waals surface area (Å²) in [6, 6.07) is 3.95. The third kappa shape index (κ3) is 4.83. The van der Waals surface area contributed by atoms with E-state index in [1.165, 1.54) is 12.8 Å². The largest absolute Gasteiger partial charge is 0.444 e. The minimum Gasteiger partial charge on any atom is -0.444 e. The number of anilines is 1. The number of likely N-dealkylation sites (tertiary alicyclic amines) is 1. The number of amides is 1. The van der Waals surface area contributed by atoms with Gasteiger partial charge in [-0.1, -0.05) is 0 Å². The highest BCUT2D eigenvalue weighted by atomic mass is 16.6. The maximum absolute atomic E-state index is 12.2. The normalized spacial score (nSPS) is 25.8. The summed E-state index contributed by atoms with van der Waals surface area (Å²) in [7, 11) is 0. The lowest BCUT2D eigenvalue weighted by atomic mass is 10.0. The third-order valence-electron chi connectivity index (χ3n) is 5.16. The molecule has 3 atom stereocenters. The van der Waals surface area contributed by atoms with Gasteiger partial charge in [-0.2, -0.15) is 5.10 Å². The molecule has 1 N–H and O–H groups in total. The first-order chi connectivity index (χ1) is 11.8. The van der Waals surface area contributed by atoms with Gasteiger partial charge in [-0.15, -0.1) is 5.10 Å². The first-order valence-electron chi connectivity index (χ1n) is 9.32. The van der Waals surface area contributed by atoms with Gasteiger partial charge in [0.2, 0.25) is 0 Å². The molecule has 6 nitrogen and oxygen atoms in total. The Morgan fingerprint density at radius 2 is 1.92 bits per heavy atom. The SMILES string of the molecule is Cc1ccc(NCCC2C[C@@H]3CN(C(=O)OC(C)(C)C)C[C@@H]3C2)nn1. The summed E-state index contributed by atoms with van der Waals surface area (Å²) in [5.41, 5.74) is 0.519. The lowest BCUT2D eigenvalue weighted by Gasteiger charge is -2.25. The number of ether oxygens (including phenoxy) is 1. The van der Waals surface area contributed by atoms with E-state index in [9.17, 15) is 4.79 Å². The highest BCUT2D eigenvalue weighted by Crippen LogP contribution is 2.43. The first kappa shape index (κ1) is 18.0. The van der Waals surface area contributed by atoms with Crippen molar-refractivity contribution < 1.29 is 9.53 Å². The number of rotatable bonds is 4. The molecule has 1 saturated heterocycles. The summed E-state index contributed by atoms with van der Waals surface area (Å²) in [5, 5.41) is 11.6. The van der Waals surface area contributed by atoms with Crippen molar-refractivity contribution in [1.82, 2.24) is 15.1 Å². The van der Waals surface area contributed by atoms with Gasteiger partial charge < -0.3 is 15.0 Å². The molecule has 138 valence electrons. The highest BCUT2D eigenvalue weighted by Gasteiger charge is 2.42. The number of aromatic nitrogens is 2. The molecule has 0 spiro atoms. The van der Waals surface area contributed by atoms with E-state index in [0.717, 1.165) is 43.5 Å². The van der Waals surface area contributed by atoms with Gasteiger partial charge in [0.15, 0.2) is 0 Å². The fourth-order valence-electron chi connectivity index (χ4n) is 4.03. The number of fused-ring (bicyclic) bond motifs is 1. The number of nitrogens with one attached hydrogen (secondary N) is 1. The smallest absolute Gasteiger partial charge is 0.410 e. The molecule has 0 radical (unpaired) electrons. The molecule has 1 aliphatic carbocycles. The summed E-state index contributed by atoms with van der Waals surface area (Å²) in [6.07, 6.45) is 3.42. The maximum Gasteiger partial charge on any atom is 0.410 e. The molecule has 1 amide bonds. The minimum atomic E-state index is -0.415. The monoisotopic (exact) mass is 346 g/mol. The minimum absolute atomic E-state index is 0.155. The van der Waals surface area contributed by atoms with Crippen LogP contribution in [0.4, 0.5) is 10.6 Å². The second-order valence-corrected chi connectivity index (χ2v) is 8.52. The molecule has 1 aromatic rings. The van der Waals surface area contributed by atoms with Gasteiger partial charge >= 0.3 is 6.09 Å². The number of carbonyl (C=O) groups is 1. The lowest BCUT2D eigenvalue weighted by molar-refractivity contribution is 0.0277. The van der Waals surface area contributed by atoms with Crippen LogP contribution in [0.1, 0.15) is 45.7 Å². The van der Waals surface area contributed by atoms with Crippen molar-refractivity contribution in [3.05, 3.63) is 17.8 Å². The number of carbonyl (C=O) groups excluding carboxylic acids is 1. The predicted octanol–water partition coefficient (Wildman–Crippen LogP) is 3.48. The number of aryl methyl sites for hydroxylation is 1. The Balaban J connectivity index is 1.39. The maximum atomic E-state index is 12.2. The topological polar surface area (TPSA) is 67.4 Å². The van der Waals surface area contributed by atoms with Crippen molar-refractivity contribution >= 4 is 11.9 Å². The van der Waals surface area contributed by atoms with E-state index in [0.29, 0.717) is 11.8 Å². The van der Waals surface area contributed by atoms with Gasteiger partial charge in [0, 0.05) is 19.6 Å². The van der Waals surface area contributed by atoms with Gasteiger partial charge in [0.25, 0.3) is 0 Å². The van der Waals surface area contributed by atoms with Crippen molar-refractivity contribution in [3.63, 3.8) is 0 Å². The van der Waals surface area contributed by atoms with Crippen LogP contribution < -0.4 is 5.32 Å². The summed E-state index contributed by atoms with van der Waals surface area (Å²) in [4.78, 5) is 14.1. The van der Waals surface area contributed by atoms with Gasteiger partial charge in [-0.05, 0) is 76.8 Å². The molecule has 6 heteroatoms. The Kier molecular flexibility index (Phi) is 5.16. The fraction of sp³-hybridized carbons (Fsp3) is 0.737. The average molecular weight is 346 g/mol. The average Bonchev–Trinajstić information content (AvgIpc) is 3.06. The van der Waals surface area contributed by atoms with E-state index >= 15 is 0 Å². The molecule has 0 bridgehead atoms. The van der Waals surface area contributed by atoms with Gasteiger partial charge in [0.05, 0.1) is 5.69 Å². The van der Waals surface area contributed by atoms with Crippen LogP contribution in [-0.4, -0.2) is 46.4 Å². The van der Waals surface area contributed by atoms with Crippen LogP contribution in [0.2, 0.25) is 0 Å². The summed E-state index contributed by atoms with van der Waals surface area (Å²) in [5.74, 6) is 2.86. The molecular formula is C19H30N4O2. The second kappa shape index (κ2) is 7.18. The zero-order valence-electron chi connectivity index (χ0n) is 15.8. The molecule has 2 fully saturated rings. The molecule has 2 heterocycles. The van der Waals surface area contributed by atoms with Crippen LogP contribution in [0.5, 0.6) is 0 Å². The standard InChI is InChI=1S/C19H30N4O2/c1-13-5-6-17(22-21-13)20-8-7-14-9-15-11-23(12-16(15)10-14)18(24)25-19(2,3)4/h5-6,14-16H,7-12H2,1-4H3,(H,20,22)/t14?,15-,16+. The van der Waals surface area contributed by atoms with Gasteiger partial charge in [0.1, 0.15) is 11.4 Å². The molecule has 1 aromatic heterocycles. The van der Waals surface area contributed by atoms with E-state index in [1.54, 1.807) is 0 Å². The zero-order chi connectivity index (χ0) is 18.0. The zero-order valence-corrected chi connectivity index (χ0v) is 15.8. The predicted molar refractivity (Wildman–Crippen MR) is 97.4 cm³/mol. The van der Waals surface area contributed by atoms with Crippen LogP contribution in [-0.2, 0) is 4.74 Å². The van der Waals surface area contributed by atoms with Crippen LogP contribution in [0.3, 0.4) is 0 Å². The van der Waals surface area contributed by atoms with Gasteiger partial charge in [-0.25, -0.2) is 4.79 Å². The van der Waals surface area contributed by atoms with Crippen molar-refractivity contribution in [3.8, 4) is 0 Å². The molecule has 2 aliphatic rings. The van der Waals surface area contributed by atoms with Crippen molar-refractivity contribution in [2.45, 2.75) is 52.6 Å². The van der Waals surface area contributed by atoms with Crippen LogP contribution in [0.15, 0.2) is 12.1 Å². The molecule has 0 aromatic carbocycles. The van der Waals surface area contributed by atoms with Crippen LogP contribution in [0, 0.1) is 24.7 Å². The second-order valence-electron chi connectivity index (χ2n) is 8.52. The highest BCUT2D eigenvalue weighted by molar-refractivity contribution is 5.68. The molecule has 1 aliphatic heterocycles.